The molecule has 4 aromatic heterocycles. The first-order valence-corrected chi connectivity index (χ1v) is 15.5. The molecule has 0 spiro atoms. The van der Waals surface area contributed by atoms with Crippen molar-refractivity contribution in [2.45, 2.75) is 64.1 Å². The van der Waals surface area contributed by atoms with Crippen molar-refractivity contribution in [3.63, 3.8) is 0 Å². The number of anilines is 1. The van der Waals surface area contributed by atoms with Crippen molar-refractivity contribution < 1.29 is 13.6 Å². The zero-order valence-corrected chi connectivity index (χ0v) is 25.5. The molecule has 2 bridgehead atoms. The van der Waals surface area contributed by atoms with Gasteiger partial charge in [0.05, 0.1) is 35.2 Å². The lowest BCUT2D eigenvalue weighted by atomic mass is 9.88. The molecule has 0 radical (unpaired) electrons. The number of benzene rings is 1. The van der Waals surface area contributed by atoms with Crippen molar-refractivity contribution in [1.29, 1.82) is 0 Å². The van der Waals surface area contributed by atoms with Gasteiger partial charge in [-0.3, -0.25) is 9.78 Å². The van der Waals surface area contributed by atoms with Crippen LogP contribution in [0.15, 0.2) is 70.3 Å². The molecule has 5 aromatic rings. The quantitative estimate of drug-likeness (QED) is 0.221. The predicted molar refractivity (Wildman–Crippen MR) is 167 cm³/mol. The third-order valence-corrected chi connectivity index (χ3v) is 8.82. The second-order valence-corrected chi connectivity index (χ2v) is 12.3. The standard InChI is InChI=1S/C33H31ClFN7O3/c1-18-4-3-5-23(26-14-21(12-13-36-26)31-27(38-32(18)43)16-37-42(31)19(2)35)24-9-11-30(45-33(24)44)25-15-22(34)8-10-29(25)41-17-28(39-40-41)20-6-7-20/h8-20,23H,3-7H2,1-2H3,(H,38,43)/t18-,19?,23+/m0/s1. The normalized spacial score (nSPS) is 19.2. The van der Waals surface area contributed by atoms with Crippen LogP contribution in [0.3, 0.4) is 0 Å². The van der Waals surface area contributed by atoms with E-state index in [1.807, 2.05) is 25.3 Å². The molecule has 0 saturated heterocycles. The number of pyridine rings is 1. The third kappa shape index (κ3) is 5.68. The van der Waals surface area contributed by atoms with Crippen molar-refractivity contribution in [2.24, 2.45) is 5.92 Å². The van der Waals surface area contributed by atoms with Gasteiger partial charge in [0, 0.05) is 51.4 Å². The van der Waals surface area contributed by atoms with Crippen LogP contribution in [0.25, 0.3) is 28.3 Å². The lowest BCUT2D eigenvalue weighted by molar-refractivity contribution is -0.119. The Labute approximate surface area is 263 Å². The molecule has 1 N–H and O–H groups in total. The number of amides is 1. The highest BCUT2D eigenvalue weighted by molar-refractivity contribution is 6.31. The van der Waals surface area contributed by atoms with Crippen molar-refractivity contribution in [3.05, 3.63) is 93.4 Å². The molecular weight excluding hydrogens is 597 g/mol. The minimum absolute atomic E-state index is 0.174. The van der Waals surface area contributed by atoms with E-state index in [4.69, 9.17) is 16.0 Å². The van der Waals surface area contributed by atoms with Crippen LogP contribution in [0.5, 0.6) is 0 Å². The second kappa shape index (κ2) is 11.7. The molecule has 1 fully saturated rings. The smallest absolute Gasteiger partial charge is 0.340 e. The summed E-state index contributed by atoms with van der Waals surface area (Å²) in [5.74, 6) is -0.132. The van der Waals surface area contributed by atoms with Gasteiger partial charge in [0.2, 0.25) is 5.91 Å². The maximum absolute atomic E-state index is 14.6. The maximum Gasteiger partial charge on any atom is 0.340 e. The van der Waals surface area contributed by atoms with Gasteiger partial charge in [-0.1, -0.05) is 30.2 Å². The first kappa shape index (κ1) is 29.1. The Morgan fingerprint density at radius 3 is 2.69 bits per heavy atom. The summed E-state index contributed by atoms with van der Waals surface area (Å²) in [6, 6.07) is 12.4. The zero-order valence-electron chi connectivity index (χ0n) is 24.8. The van der Waals surface area contributed by atoms with E-state index in [1.54, 1.807) is 41.2 Å². The molecule has 45 heavy (non-hydrogen) atoms. The van der Waals surface area contributed by atoms with Gasteiger partial charge in [0.25, 0.3) is 0 Å². The van der Waals surface area contributed by atoms with E-state index in [0.29, 0.717) is 75.4 Å². The number of aromatic nitrogens is 6. The number of alkyl halides is 1. The molecule has 1 aliphatic heterocycles. The molecule has 5 heterocycles. The Hall–Kier alpha value is -4.64. The summed E-state index contributed by atoms with van der Waals surface area (Å²) < 4.78 is 23.5. The Bertz CT molecular complexity index is 1960. The van der Waals surface area contributed by atoms with Gasteiger partial charge >= 0.3 is 5.63 Å². The Balaban J connectivity index is 1.30. The summed E-state index contributed by atoms with van der Waals surface area (Å²) in [5, 5.41) is 16.3. The molecule has 2 aliphatic rings. The molecule has 1 unspecified atom stereocenters. The van der Waals surface area contributed by atoms with Crippen molar-refractivity contribution in [3.8, 4) is 28.3 Å². The van der Waals surface area contributed by atoms with Gasteiger partial charge < -0.3 is 9.73 Å². The fourth-order valence-electron chi connectivity index (χ4n) is 5.97. The minimum atomic E-state index is -1.43. The molecule has 3 atom stereocenters. The summed E-state index contributed by atoms with van der Waals surface area (Å²) in [5.41, 5.74) is 4.28. The summed E-state index contributed by atoms with van der Waals surface area (Å²) in [7, 11) is 0. The van der Waals surface area contributed by atoms with Crippen LogP contribution in [-0.4, -0.2) is 35.7 Å². The van der Waals surface area contributed by atoms with Crippen molar-refractivity contribution in [2.75, 3.05) is 5.32 Å². The van der Waals surface area contributed by atoms with E-state index in [2.05, 4.69) is 25.7 Å². The summed E-state index contributed by atoms with van der Waals surface area (Å²) in [4.78, 5) is 31.4. The average molecular weight is 628 g/mol. The predicted octanol–water partition coefficient (Wildman–Crippen LogP) is 7.06. The minimum Gasteiger partial charge on any atom is -0.422 e. The van der Waals surface area contributed by atoms with E-state index < -0.39 is 17.8 Å². The number of halogens is 2. The van der Waals surface area contributed by atoms with Gasteiger partial charge in [0.15, 0.2) is 6.30 Å². The molecule has 7 rings (SSSR count). The Morgan fingerprint density at radius 2 is 1.91 bits per heavy atom. The van der Waals surface area contributed by atoms with Crippen LogP contribution in [0.4, 0.5) is 10.1 Å². The van der Waals surface area contributed by atoms with E-state index in [-0.39, 0.29) is 11.8 Å². The molecule has 12 heteroatoms. The summed E-state index contributed by atoms with van der Waals surface area (Å²) in [6.07, 6.45) is 7.56. The van der Waals surface area contributed by atoms with Crippen LogP contribution >= 0.6 is 11.6 Å². The van der Waals surface area contributed by atoms with Crippen LogP contribution in [-0.2, 0) is 4.79 Å². The van der Waals surface area contributed by atoms with Crippen LogP contribution in [0.1, 0.15) is 81.0 Å². The number of carbonyl (C=O) groups excluding carboxylic acids is 1. The second-order valence-electron chi connectivity index (χ2n) is 11.8. The van der Waals surface area contributed by atoms with Gasteiger partial charge in [-0.15, -0.1) is 5.10 Å². The first-order valence-electron chi connectivity index (χ1n) is 15.1. The molecule has 10 nitrogen and oxygen atoms in total. The van der Waals surface area contributed by atoms with E-state index in [9.17, 15) is 14.0 Å². The van der Waals surface area contributed by atoms with E-state index in [1.165, 1.54) is 17.8 Å². The third-order valence-electron chi connectivity index (χ3n) is 8.59. The van der Waals surface area contributed by atoms with E-state index >= 15 is 0 Å². The highest BCUT2D eigenvalue weighted by Crippen LogP contribution is 2.40. The van der Waals surface area contributed by atoms with Crippen LogP contribution < -0.4 is 10.9 Å². The molecule has 1 aromatic carbocycles. The molecule has 230 valence electrons. The number of hydrogen-bond donors (Lipinski definition) is 1. The monoisotopic (exact) mass is 627 g/mol. The summed E-state index contributed by atoms with van der Waals surface area (Å²) >= 11 is 6.39. The molecular formula is C33H31ClFN7O3. The topological polar surface area (TPSA) is 121 Å². The number of hydrogen-bond acceptors (Lipinski definition) is 7. The van der Waals surface area contributed by atoms with Crippen molar-refractivity contribution in [1.82, 2.24) is 29.8 Å². The summed E-state index contributed by atoms with van der Waals surface area (Å²) in [6.45, 7) is 3.23. The molecule has 1 amide bonds. The Morgan fingerprint density at radius 1 is 1.07 bits per heavy atom. The van der Waals surface area contributed by atoms with Gasteiger partial charge in [-0.25, -0.2) is 18.5 Å². The highest BCUT2D eigenvalue weighted by Gasteiger charge is 2.28. The molecule has 1 aliphatic carbocycles. The zero-order chi connectivity index (χ0) is 31.2. The SMILES string of the molecule is CC(F)n1ncc2c1-c1ccnc(c1)[C@@H](c1ccc(-c3cc(Cl)ccc3-n3cc(C4CC4)nn3)oc1=O)CCC[C@H](C)C(=O)N2. The van der Waals surface area contributed by atoms with Crippen LogP contribution in [0, 0.1) is 5.92 Å². The number of fused-ring (bicyclic) bond motifs is 4. The lowest BCUT2D eigenvalue weighted by Gasteiger charge is -2.20. The fourth-order valence-corrected chi connectivity index (χ4v) is 6.14. The largest absolute Gasteiger partial charge is 0.422 e. The number of rotatable bonds is 5. The van der Waals surface area contributed by atoms with Crippen LogP contribution in [0.2, 0.25) is 5.02 Å². The fraction of sp³-hybridized carbons (Fsp3) is 0.333. The first-order chi connectivity index (χ1) is 21.8. The van der Waals surface area contributed by atoms with Crippen molar-refractivity contribution >= 4 is 23.2 Å². The van der Waals surface area contributed by atoms with Gasteiger partial charge in [0.1, 0.15) is 5.76 Å². The number of nitrogens with one attached hydrogen (secondary N) is 1. The van der Waals surface area contributed by atoms with Gasteiger partial charge in [-0.2, -0.15) is 5.10 Å². The molecule has 1 saturated carbocycles. The van der Waals surface area contributed by atoms with Gasteiger partial charge in [-0.05, 0) is 75.1 Å². The number of carbonyl (C=O) groups is 1. The Kier molecular flexibility index (Phi) is 7.56. The lowest BCUT2D eigenvalue weighted by Crippen LogP contribution is -2.22. The van der Waals surface area contributed by atoms with E-state index in [0.717, 1.165) is 18.5 Å². The number of nitrogens with zero attached hydrogens (tertiary/aromatic N) is 6. The highest BCUT2D eigenvalue weighted by atomic mass is 35.5. The maximum atomic E-state index is 14.6. The average Bonchev–Trinajstić information content (AvgIpc) is 3.60.